The molecule has 3 N–H and O–H groups in total. The van der Waals surface area contributed by atoms with E-state index in [9.17, 15) is 9.90 Å². The number of phenolic OH excluding ortho intramolecular Hbond substituents is 1. The Morgan fingerprint density at radius 2 is 2.05 bits per heavy atom. The Hall–Kier alpha value is -2.40. The van der Waals surface area contributed by atoms with Gasteiger partial charge in [-0.15, -0.1) is 0 Å². The van der Waals surface area contributed by atoms with E-state index in [0.717, 1.165) is 5.56 Å². The molecule has 21 heavy (non-hydrogen) atoms. The molecular formula is C15H15ClN2O3. The number of para-hydroxylation sites is 1. The van der Waals surface area contributed by atoms with Crippen molar-refractivity contribution >= 4 is 23.3 Å². The van der Waals surface area contributed by atoms with E-state index >= 15 is 0 Å². The average molecular weight is 307 g/mol. The van der Waals surface area contributed by atoms with E-state index in [-0.39, 0.29) is 11.4 Å². The Balaban J connectivity index is 1.97. The van der Waals surface area contributed by atoms with Gasteiger partial charge in [0.25, 0.3) is 0 Å². The van der Waals surface area contributed by atoms with Crippen molar-refractivity contribution in [3.8, 4) is 11.5 Å². The highest BCUT2D eigenvalue weighted by molar-refractivity contribution is 6.31. The van der Waals surface area contributed by atoms with E-state index in [1.54, 1.807) is 7.11 Å². The molecule has 110 valence electrons. The van der Waals surface area contributed by atoms with E-state index < -0.39 is 6.03 Å². The molecule has 2 amide bonds. The zero-order valence-electron chi connectivity index (χ0n) is 11.4. The summed E-state index contributed by atoms with van der Waals surface area (Å²) in [4.78, 5) is 11.8. The van der Waals surface area contributed by atoms with E-state index in [2.05, 4.69) is 10.6 Å². The predicted molar refractivity (Wildman–Crippen MR) is 82.0 cm³/mol. The van der Waals surface area contributed by atoms with Crippen molar-refractivity contribution in [1.82, 2.24) is 5.32 Å². The van der Waals surface area contributed by atoms with Gasteiger partial charge < -0.3 is 20.5 Å². The zero-order valence-corrected chi connectivity index (χ0v) is 12.1. The smallest absolute Gasteiger partial charge is 0.319 e. The third-order valence-corrected chi connectivity index (χ3v) is 3.07. The van der Waals surface area contributed by atoms with Crippen LogP contribution < -0.4 is 15.4 Å². The minimum atomic E-state index is -0.446. The first-order chi connectivity index (χ1) is 10.1. The highest BCUT2D eigenvalue weighted by Crippen LogP contribution is 2.26. The number of hydrogen-bond donors (Lipinski definition) is 3. The molecule has 0 aliphatic rings. The molecule has 0 fully saturated rings. The second-order valence-electron chi connectivity index (χ2n) is 4.28. The maximum Gasteiger partial charge on any atom is 0.319 e. The van der Waals surface area contributed by atoms with Crippen molar-refractivity contribution in [3.63, 3.8) is 0 Å². The summed E-state index contributed by atoms with van der Waals surface area (Å²) in [6.45, 7) is 0.303. The van der Waals surface area contributed by atoms with Crippen molar-refractivity contribution in [2.75, 3.05) is 12.4 Å². The molecule has 0 radical (unpaired) electrons. The number of halogens is 1. The van der Waals surface area contributed by atoms with Crippen LogP contribution in [0.2, 0.25) is 5.02 Å². The molecule has 2 rings (SSSR count). The molecule has 0 unspecified atom stereocenters. The molecule has 0 spiro atoms. The molecule has 6 heteroatoms. The first-order valence-electron chi connectivity index (χ1n) is 6.25. The van der Waals surface area contributed by atoms with Crippen LogP contribution in [0.3, 0.4) is 0 Å². The number of carbonyl (C=O) groups excluding carboxylic acids is 1. The van der Waals surface area contributed by atoms with Crippen LogP contribution in [0, 0.1) is 0 Å². The number of hydrogen-bond acceptors (Lipinski definition) is 3. The van der Waals surface area contributed by atoms with Crippen LogP contribution in [0.4, 0.5) is 10.5 Å². The number of urea groups is 1. The normalized spacial score (nSPS) is 10.0. The van der Waals surface area contributed by atoms with Crippen LogP contribution in [0.15, 0.2) is 42.5 Å². The van der Waals surface area contributed by atoms with Crippen LogP contribution in [0.5, 0.6) is 11.5 Å². The number of methoxy groups -OCH3 is 1. The Bertz CT molecular complexity index is 647. The largest absolute Gasteiger partial charge is 0.506 e. The van der Waals surface area contributed by atoms with Crippen LogP contribution in [-0.2, 0) is 6.54 Å². The number of anilines is 1. The summed E-state index contributed by atoms with van der Waals surface area (Å²) < 4.78 is 5.20. The van der Waals surface area contributed by atoms with E-state index in [4.69, 9.17) is 16.3 Å². The number of rotatable bonds is 4. The Labute approximate surface area is 127 Å². The van der Waals surface area contributed by atoms with Gasteiger partial charge >= 0.3 is 6.03 Å². The fourth-order valence-corrected chi connectivity index (χ4v) is 1.97. The van der Waals surface area contributed by atoms with Gasteiger partial charge in [0.2, 0.25) is 0 Å². The topological polar surface area (TPSA) is 70.6 Å². The molecule has 0 atom stereocenters. The minimum Gasteiger partial charge on any atom is -0.506 e. The molecule has 0 aromatic heterocycles. The molecule has 0 bridgehead atoms. The van der Waals surface area contributed by atoms with Gasteiger partial charge in [-0.1, -0.05) is 29.8 Å². The van der Waals surface area contributed by atoms with Gasteiger partial charge in [-0.2, -0.15) is 0 Å². The number of phenols is 1. The summed E-state index contributed by atoms with van der Waals surface area (Å²) in [6.07, 6.45) is 0. The third kappa shape index (κ3) is 4.03. The summed E-state index contributed by atoms with van der Waals surface area (Å²) in [5.74, 6) is 0.648. The number of amides is 2. The van der Waals surface area contributed by atoms with Gasteiger partial charge in [-0.05, 0) is 24.3 Å². The molecular weight excluding hydrogens is 292 g/mol. The lowest BCUT2D eigenvalue weighted by Gasteiger charge is -2.11. The third-order valence-electron chi connectivity index (χ3n) is 2.84. The minimum absolute atomic E-state index is 0.0492. The summed E-state index contributed by atoms with van der Waals surface area (Å²) >= 11 is 5.81. The number of carbonyl (C=O) groups is 1. The van der Waals surface area contributed by atoms with Crippen molar-refractivity contribution < 1.29 is 14.6 Å². The lowest BCUT2D eigenvalue weighted by atomic mass is 10.2. The summed E-state index contributed by atoms with van der Waals surface area (Å²) in [6, 6.07) is 11.4. The molecule has 2 aromatic carbocycles. The van der Waals surface area contributed by atoms with Gasteiger partial charge in [0, 0.05) is 17.1 Å². The van der Waals surface area contributed by atoms with Crippen molar-refractivity contribution in [1.29, 1.82) is 0 Å². The number of ether oxygens (including phenoxy) is 1. The lowest BCUT2D eigenvalue weighted by Crippen LogP contribution is -2.28. The second kappa shape index (κ2) is 6.85. The molecule has 2 aromatic rings. The molecule has 0 saturated carbocycles. The van der Waals surface area contributed by atoms with Gasteiger partial charge in [-0.3, -0.25) is 0 Å². The fraction of sp³-hybridized carbons (Fsp3) is 0.133. The zero-order chi connectivity index (χ0) is 15.2. The van der Waals surface area contributed by atoms with Crippen molar-refractivity contribution in [3.05, 3.63) is 53.1 Å². The monoisotopic (exact) mass is 306 g/mol. The Kier molecular flexibility index (Phi) is 4.90. The summed E-state index contributed by atoms with van der Waals surface area (Å²) in [5.41, 5.74) is 1.10. The standard InChI is InChI=1S/C15H15ClN2O3/c1-21-14-5-3-2-4-10(14)9-17-15(20)18-12-8-11(16)6-7-13(12)19/h2-8,19H,9H2,1H3,(H2,17,18,20). The van der Waals surface area contributed by atoms with Gasteiger partial charge in [0.15, 0.2) is 0 Å². The number of benzene rings is 2. The summed E-state index contributed by atoms with van der Waals surface area (Å²) in [7, 11) is 1.57. The first kappa shape index (κ1) is 15.0. The van der Waals surface area contributed by atoms with Crippen LogP contribution in [-0.4, -0.2) is 18.2 Å². The number of nitrogens with one attached hydrogen (secondary N) is 2. The molecule has 0 aliphatic heterocycles. The van der Waals surface area contributed by atoms with Crippen LogP contribution in [0.1, 0.15) is 5.56 Å². The maximum atomic E-state index is 11.8. The SMILES string of the molecule is COc1ccccc1CNC(=O)Nc1cc(Cl)ccc1O. The van der Waals surface area contributed by atoms with Crippen LogP contribution >= 0.6 is 11.6 Å². The lowest BCUT2D eigenvalue weighted by molar-refractivity contribution is 0.251. The maximum absolute atomic E-state index is 11.8. The quantitative estimate of drug-likeness (QED) is 0.758. The molecule has 0 saturated heterocycles. The molecule has 0 aliphatic carbocycles. The van der Waals surface area contributed by atoms with Gasteiger partial charge in [-0.25, -0.2) is 4.79 Å². The highest BCUT2D eigenvalue weighted by atomic mass is 35.5. The van der Waals surface area contributed by atoms with E-state index in [0.29, 0.717) is 17.3 Å². The van der Waals surface area contributed by atoms with Gasteiger partial charge in [0.05, 0.1) is 12.8 Å². The predicted octanol–water partition coefficient (Wildman–Crippen LogP) is 3.38. The van der Waals surface area contributed by atoms with Crippen molar-refractivity contribution in [2.45, 2.75) is 6.54 Å². The average Bonchev–Trinajstić information content (AvgIpc) is 2.49. The highest BCUT2D eigenvalue weighted by Gasteiger charge is 2.08. The Morgan fingerprint density at radius 1 is 1.29 bits per heavy atom. The number of aromatic hydroxyl groups is 1. The first-order valence-corrected chi connectivity index (χ1v) is 6.63. The van der Waals surface area contributed by atoms with Crippen LogP contribution in [0.25, 0.3) is 0 Å². The molecule has 5 nitrogen and oxygen atoms in total. The van der Waals surface area contributed by atoms with Crippen molar-refractivity contribution in [2.24, 2.45) is 0 Å². The van der Waals surface area contributed by atoms with Gasteiger partial charge in [0.1, 0.15) is 11.5 Å². The van der Waals surface area contributed by atoms with E-state index in [1.165, 1.54) is 18.2 Å². The summed E-state index contributed by atoms with van der Waals surface area (Å²) in [5, 5.41) is 15.3. The second-order valence-corrected chi connectivity index (χ2v) is 4.72. The molecule has 0 heterocycles. The Morgan fingerprint density at radius 3 is 2.81 bits per heavy atom. The fourth-order valence-electron chi connectivity index (χ4n) is 1.80. The van der Waals surface area contributed by atoms with E-state index in [1.807, 2.05) is 24.3 Å².